The van der Waals surface area contributed by atoms with Gasteiger partial charge in [0.15, 0.2) is 0 Å². The average molecular weight is 320 g/mol. The van der Waals surface area contributed by atoms with E-state index in [0.717, 1.165) is 41.6 Å². The van der Waals surface area contributed by atoms with Crippen molar-refractivity contribution in [3.8, 4) is 0 Å². The van der Waals surface area contributed by atoms with Gasteiger partial charge in [-0.1, -0.05) is 17.7 Å². The van der Waals surface area contributed by atoms with Gasteiger partial charge in [-0.3, -0.25) is 0 Å². The number of halogens is 1. The fourth-order valence-electron chi connectivity index (χ4n) is 1.99. The fraction of sp³-hybridized carbons (Fsp3) is 0.375. The zero-order valence-electron chi connectivity index (χ0n) is 13.2. The Kier molecular flexibility index (Phi) is 5.98. The van der Waals surface area contributed by atoms with E-state index in [-0.39, 0.29) is 0 Å². The number of benzene rings is 1. The number of hydrogen-bond acceptors (Lipinski definition) is 5. The molecule has 0 atom stereocenters. The topological polar surface area (TPSA) is 53.1 Å². The molecule has 0 spiro atoms. The van der Waals surface area contributed by atoms with Gasteiger partial charge in [-0.25, -0.2) is 4.98 Å². The number of nitrogens with zero attached hydrogens (tertiary/aromatic N) is 3. The van der Waals surface area contributed by atoms with Crippen LogP contribution in [0.15, 0.2) is 30.5 Å². The van der Waals surface area contributed by atoms with Crippen LogP contribution in [0.2, 0.25) is 5.02 Å². The van der Waals surface area contributed by atoms with Crippen molar-refractivity contribution in [2.75, 3.05) is 37.8 Å². The number of aromatic nitrogens is 2. The zero-order chi connectivity index (χ0) is 15.9. The lowest BCUT2D eigenvalue weighted by molar-refractivity contribution is 0.405. The van der Waals surface area contributed by atoms with Crippen LogP contribution in [0.5, 0.6) is 0 Å². The molecule has 0 aliphatic carbocycles. The molecule has 0 unspecified atom stereocenters. The van der Waals surface area contributed by atoms with E-state index in [1.54, 1.807) is 6.20 Å². The second-order valence-electron chi connectivity index (χ2n) is 5.39. The standard InChI is InChI=1S/C16H22ClN5/c1-12-13(17)6-4-7-14(12)20-15-8-10-19-16(21-15)18-9-5-11-22(2)3/h4,6-8,10H,5,9,11H2,1-3H3,(H2,18,19,20,21). The molecule has 0 bridgehead atoms. The van der Waals surface area contributed by atoms with Crippen LogP contribution in [0.1, 0.15) is 12.0 Å². The van der Waals surface area contributed by atoms with Gasteiger partial charge in [0.1, 0.15) is 5.82 Å². The molecular weight excluding hydrogens is 298 g/mol. The highest BCUT2D eigenvalue weighted by Gasteiger charge is 2.04. The molecule has 0 fully saturated rings. The van der Waals surface area contributed by atoms with Gasteiger partial charge >= 0.3 is 0 Å². The van der Waals surface area contributed by atoms with Crippen LogP contribution in [-0.2, 0) is 0 Å². The Hall–Kier alpha value is -1.85. The minimum absolute atomic E-state index is 0.628. The molecule has 5 nitrogen and oxygen atoms in total. The molecule has 0 aliphatic heterocycles. The lowest BCUT2D eigenvalue weighted by atomic mass is 10.2. The summed E-state index contributed by atoms with van der Waals surface area (Å²) in [5.41, 5.74) is 1.95. The van der Waals surface area contributed by atoms with E-state index in [2.05, 4.69) is 39.6 Å². The number of rotatable bonds is 7. The van der Waals surface area contributed by atoms with E-state index >= 15 is 0 Å². The molecule has 1 aromatic carbocycles. The predicted molar refractivity (Wildman–Crippen MR) is 93.2 cm³/mol. The van der Waals surface area contributed by atoms with Crippen LogP contribution in [0.4, 0.5) is 17.5 Å². The van der Waals surface area contributed by atoms with Crippen molar-refractivity contribution < 1.29 is 0 Å². The summed E-state index contributed by atoms with van der Waals surface area (Å²) in [6.45, 7) is 3.86. The SMILES string of the molecule is Cc1c(Cl)cccc1Nc1ccnc(NCCCN(C)C)n1. The molecule has 0 amide bonds. The molecule has 22 heavy (non-hydrogen) atoms. The van der Waals surface area contributed by atoms with Crippen molar-refractivity contribution >= 4 is 29.1 Å². The third-order valence-corrected chi connectivity index (χ3v) is 3.66. The van der Waals surface area contributed by atoms with E-state index in [9.17, 15) is 0 Å². The van der Waals surface area contributed by atoms with Gasteiger partial charge in [-0.05, 0) is 57.7 Å². The highest BCUT2D eigenvalue weighted by Crippen LogP contribution is 2.25. The smallest absolute Gasteiger partial charge is 0.224 e. The van der Waals surface area contributed by atoms with Crippen LogP contribution in [0.3, 0.4) is 0 Å². The average Bonchev–Trinajstić information content (AvgIpc) is 2.49. The van der Waals surface area contributed by atoms with Crippen molar-refractivity contribution in [1.29, 1.82) is 0 Å². The highest BCUT2D eigenvalue weighted by molar-refractivity contribution is 6.31. The molecule has 0 saturated heterocycles. The highest BCUT2D eigenvalue weighted by atomic mass is 35.5. The summed E-state index contributed by atoms with van der Waals surface area (Å²) in [5, 5.41) is 7.25. The molecule has 1 aromatic heterocycles. The summed E-state index contributed by atoms with van der Waals surface area (Å²) >= 11 is 6.13. The normalized spacial score (nSPS) is 10.8. The van der Waals surface area contributed by atoms with Crippen LogP contribution in [0, 0.1) is 6.92 Å². The molecule has 118 valence electrons. The lowest BCUT2D eigenvalue weighted by Crippen LogP contribution is -2.17. The van der Waals surface area contributed by atoms with Gasteiger partial charge in [0, 0.05) is 23.5 Å². The minimum Gasteiger partial charge on any atom is -0.354 e. The second-order valence-corrected chi connectivity index (χ2v) is 5.79. The van der Waals surface area contributed by atoms with Crippen LogP contribution >= 0.6 is 11.6 Å². The predicted octanol–water partition coefficient (Wildman–Crippen LogP) is 3.55. The van der Waals surface area contributed by atoms with E-state index < -0.39 is 0 Å². The quantitative estimate of drug-likeness (QED) is 0.764. The Morgan fingerprint density at radius 2 is 2.05 bits per heavy atom. The van der Waals surface area contributed by atoms with Crippen molar-refractivity contribution in [1.82, 2.24) is 14.9 Å². The third-order valence-electron chi connectivity index (χ3n) is 3.25. The monoisotopic (exact) mass is 319 g/mol. The molecule has 0 radical (unpaired) electrons. The first-order chi connectivity index (χ1) is 10.6. The maximum atomic E-state index is 6.13. The van der Waals surface area contributed by atoms with E-state index in [1.165, 1.54) is 0 Å². The van der Waals surface area contributed by atoms with Crippen LogP contribution < -0.4 is 10.6 Å². The Morgan fingerprint density at radius 1 is 1.23 bits per heavy atom. The first-order valence-corrected chi connectivity index (χ1v) is 7.68. The van der Waals surface area contributed by atoms with Gasteiger partial charge in [0.05, 0.1) is 0 Å². The summed E-state index contributed by atoms with van der Waals surface area (Å²) in [7, 11) is 4.13. The van der Waals surface area contributed by atoms with E-state index in [0.29, 0.717) is 5.95 Å². The fourth-order valence-corrected chi connectivity index (χ4v) is 2.16. The second kappa shape index (κ2) is 7.96. The third kappa shape index (κ3) is 4.86. The number of anilines is 3. The molecule has 2 aromatic rings. The lowest BCUT2D eigenvalue weighted by Gasteiger charge is -2.12. The molecule has 0 aliphatic rings. The summed E-state index contributed by atoms with van der Waals surface area (Å²) in [6, 6.07) is 7.61. The van der Waals surface area contributed by atoms with E-state index in [4.69, 9.17) is 11.6 Å². The van der Waals surface area contributed by atoms with Gasteiger partial charge in [-0.2, -0.15) is 4.98 Å². The Labute approximate surface area is 136 Å². The summed E-state index contributed by atoms with van der Waals surface area (Å²) < 4.78 is 0. The first-order valence-electron chi connectivity index (χ1n) is 7.30. The molecule has 1 heterocycles. The van der Waals surface area contributed by atoms with Crippen molar-refractivity contribution in [3.63, 3.8) is 0 Å². The van der Waals surface area contributed by atoms with Crippen molar-refractivity contribution in [2.24, 2.45) is 0 Å². The molecule has 0 saturated carbocycles. The largest absolute Gasteiger partial charge is 0.354 e. The van der Waals surface area contributed by atoms with Gasteiger partial charge in [0.2, 0.25) is 5.95 Å². The minimum atomic E-state index is 0.628. The summed E-state index contributed by atoms with van der Waals surface area (Å²) in [4.78, 5) is 10.9. The number of nitrogens with one attached hydrogen (secondary N) is 2. The molecular formula is C16H22ClN5. The summed E-state index contributed by atoms with van der Waals surface area (Å²) in [5.74, 6) is 1.37. The first kappa shape index (κ1) is 16.5. The maximum absolute atomic E-state index is 6.13. The van der Waals surface area contributed by atoms with Crippen molar-refractivity contribution in [2.45, 2.75) is 13.3 Å². The van der Waals surface area contributed by atoms with Crippen LogP contribution in [-0.4, -0.2) is 42.1 Å². The Bertz CT molecular complexity index is 615. The summed E-state index contributed by atoms with van der Waals surface area (Å²) in [6.07, 6.45) is 2.78. The zero-order valence-corrected chi connectivity index (χ0v) is 14.0. The molecule has 6 heteroatoms. The molecule has 2 N–H and O–H groups in total. The number of hydrogen-bond donors (Lipinski definition) is 2. The van der Waals surface area contributed by atoms with E-state index in [1.807, 2.05) is 31.2 Å². The van der Waals surface area contributed by atoms with Gasteiger partial charge < -0.3 is 15.5 Å². The Balaban J connectivity index is 1.98. The maximum Gasteiger partial charge on any atom is 0.224 e. The van der Waals surface area contributed by atoms with Crippen LogP contribution in [0.25, 0.3) is 0 Å². The van der Waals surface area contributed by atoms with Gasteiger partial charge in [-0.15, -0.1) is 0 Å². The van der Waals surface area contributed by atoms with Crippen molar-refractivity contribution in [3.05, 3.63) is 41.0 Å². The van der Waals surface area contributed by atoms with Gasteiger partial charge in [0.25, 0.3) is 0 Å². The Morgan fingerprint density at radius 3 is 2.82 bits per heavy atom. The molecule has 2 rings (SSSR count).